The second kappa shape index (κ2) is 13.9. The molecule has 0 aliphatic rings. The number of aliphatic carboxylic acids is 2. The summed E-state index contributed by atoms with van der Waals surface area (Å²) < 4.78 is 0. The largest absolute Gasteiger partial charge is 0.481 e. The van der Waals surface area contributed by atoms with Gasteiger partial charge in [0.05, 0.1) is 19.1 Å². The van der Waals surface area contributed by atoms with Gasteiger partial charge in [0.2, 0.25) is 23.6 Å². The molecule has 0 bridgehead atoms. The molecule has 4 unspecified atom stereocenters. The van der Waals surface area contributed by atoms with Crippen molar-refractivity contribution in [3.8, 4) is 0 Å². The minimum Gasteiger partial charge on any atom is -0.481 e. The van der Waals surface area contributed by atoms with Gasteiger partial charge < -0.3 is 42.7 Å². The Labute approximate surface area is 184 Å². The summed E-state index contributed by atoms with van der Waals surface area (Å²) in [5.74, 6) is -6.53. The van der Waals surface area contributed by atoms with Gasteiger partial charge in [-0.05, 0) is 18.8 Å². The number of hydrogen-bond acceptors (Lipinski definition) is 8. The van der Waals surface area contributed by atoms with E-state index in [1.165, 1.54) is 0 Å². The standard InChI is InChI=1S/C18H31N5O9/c1-8(2)5-10(21-15(28)9(19)3-4-13(20)25)16(29)23-12(7-24)17(30)22-11(18(31)32)6-14(26)27/h8-12,24H,3-7,19H2,1-2H3,(H2,20,25)(H,21,28)(H,22,30)(H,23,29)(H,26,27)(H,31,32). The normalized spacial score (nSPS) is 14.5. The summed E-state index contributed by atoms with van der Waals surface area (Å²) in [7, 11) is 0. The van der Waals surface area contributed by atoms with Crippen LogP contribution in [0.3, 0.4) is 0 Å². The average Bonchev–Trinajstić information content (AvgIpc) is 2.67. The number of nitrogens with two attached hydrogens (primary N) is 2. The third-order valence-corrected chi connectivity index (χ3v) is 4.19. The van der Waals surface area contributed by atoms with Crippen LogP contribution in [-0.4, -0.2) is 81.7 Å². The SMILES string of the molecule is CC(C)CC(NC(=O)C(N)CCC(N)=O)C(=O)NC(CO)C(=O)NC(CC(=O)O)C(=O)O. The first-order valence-corrected chi connectivity index (χ1v) is 9.78. The monoisotopic (exact) mass is 461 g/mol. The molecule has 0 rings (SSSR count). The number of aliphatic hydroxyl groups excluding tert-OH is 1. The van der Waals surface area contributed by atoms with Crippen molar-refractivity contribution in [2.45, 2.75) is 63.7 Å². The number of carbonyl (C=O) groups is 6. The highest BCUT2D eigenvalue weighted by atomic mass is 16.4. The molecular weight excluding hydrogens is 430 g/mol. The second-order valence-electron chi connectivity index (χ2n) is 7.54. The number of amides is 4. The lowest BCUT2D eigenvalue weighted by Gasteiger charge is -2.25. The van der Waals surface area contributed by atoms with Crippen LogP contribution in [0.1, 0.15) is 39.5 Å². The van der Waals surface area contributed by atoms with E-state index in [2.05, 4.69) is 10.6 Å². The molecule has 0 fully saturated rings. The van der Waals surface area contributed by atoms with Crippen LogP contribution < -0.4 is 27.4 Å². The highest BCUT2D eigenvalue weighted by molar-refractivity contribution is 5.94. The predicted molar refractivity (Wildman–Crippen MR) is 109 cm³/mol. The fraction of sp³-hybridized carbons (Fsp3) is 0.667. The number of primary amides is 1. The Hall–Kier alpha value is -3.26. The maximum Gasteiger partial charge on any atom is 0.326 e. The fourth-order valence-electron chi connectivity index (χ4n) is 2.52. The van der Waals surface area contributed by atoms with Crippen molar-refractivity contribution >= 4 is 35.6 Å². The van der Waals surface area contributed by atoms with Crippen LogP contribution in [0.25, 0.3) is 0 Å². The number of carbonyl (C=O) groups excluding carboxylic acids is 4. The van der Waals surface area contributed by atoms with Crippen LogP contribution in [0, 0.1) is 5.92 Å². The summed E-state index contributed by atoms with van der Waals surface area (Å²) >= 11 is 0. The quantitative estimate of drug-likeness (QED) is 0.120. The lowest BCUT2D eigenvalue weighted by atomic mass is 10.0. The van der Waals surface area contributed by atoms with Crippen molar-refractivity contribution in [3.05, 3.63) is 0 Å². The number of carboxylic acid groups (broad SMARTS) is 2. The first-order valence-electron chi connectivity index (χ1n) is 9.78. The highest BCUT2D eigenvalue weighted by Gasteiger charge is 2.31. The molecule has 0 spiro atoms. The molecule has 0 aromatic carbocycles. The van der Waals surface area contributed by atoms with Gasteiger partial charge in [0, 0.05) is 6.42 Å². The lowest BCUT2D eigenvalue weighted by molar-refractivity contribution is -0.147. The van der Waals surface area contributed by atoms with Gasteiger partial charge in [0.15, 0.2) is 0 Å². The number of aliphatic hydroxyl groups is 1. The van der Waals surface area contributed by atoms with Crippen molar-refractivity contribution < 1.29 is 44.1 Å². The van der Waals surface area contributed by atoms with Crippen LogP contribution in [-0.2, 0) is 28.8 Å². The van der Waals surface area contributed by atoms with Gasteiger partial charge in [-0.1, -0.05) is 13.8 Å². The van der Waals surface area contributed by atoms with E-state index in [4.69, 9.17) is 21.7 Å². The van der Waals surface area contributed by atoms with Gasteiger partial charge in [0.25, 0.3) is 0 Å². The van der Waals surface area contributed by atoms with Gasteiger partial charge in [-0.15, -0.1) is 0 Å². The zero-order chi connectivity index (χ0) is 25.0. The number of nitrogens with one attached hydrogen (secondary N) is 3. The van der Waals surface area contributed by atoms with Crippen LogP contribution >= 0.6 is 0 Å². The average molecular weight is 461 g/mol. The molecule has 0 aliphatic carbocycles. The molecule has 4 amide bonds. The van der Waals surface area contributed by atoms with E-state index in [1.54, 1.807) is 13.8 Å². The zero-order valence-electron chi connectivity index (χ0n) is 17.9. The van der Waals surface area contributed by atoms with E-state index in [1.807, 2.05) is 5.32 Å². The van der Waals surface area contributed by atoms with Crippen molar-refractivity contribution in [2.24, 2.45) is 17.4 Å². The predicted octanol–water partition coefficient (Wildman–Crippen LogP) is -3.37. The third-order valence-electron chi connectivity index (χ3n) is 4.19. The molecule has 0 saturated carbocycles. The smallest absolute Gasteiger partial charge is 0.326 e. The van der Waals surface area contributed by atoms with Crippen molar-refractivity contribution in [3.63, 3.8) is 0 Å². The van der Waals surface area contributed by atoms with Gasteiger partial charge in [-0.25, -0.2) is 4.79 Å². The summed E-state index contributed by atoms with van der Waals surface area (Å²) in [6, 6.07) is -5.65. The second-order valence-corrected chi connectivity index (χ2v) is 7.54. The molecule has 32 heavy (non-hydrogen) atoms. The Morgan fingerprint density at radius 1 is 0.844 bits per heavy atom. The Bertz CT molecular complexity index is 713. The minimum absolute atomic E-state index is 0.0426. The van der Waals surface area contributed by atoms with Crippen LogP contribution in [0.5, 0.6) is 0 Å². The molecular formula is C18H31N5O9. The third kappa shape index (κ3) is 11.2. The van der Waals surface area contributed by atoms with E-state index in [-0.39, 0.29) is 25.2 Å². The molecule has 14 heteroatoms. The molecule has 0 aromatic rings. The maximum atomic E-state index is 12.6. The first kappa shape index (κ1) is 28.7. The summed E-state index contributed by atoms with van der Waals surface area (Å²) in [6.45, 7) is 2.61. The molecule has 4 atom stereocenters. The van der Waals surface area contributed by atoms with E-state index in [9.17, 15) is 33.9 Å². The summed E-state index contributed by atoms with van der Waals surface area (Å²) in [4.78, 5) is 69.8. The van der Waals surface area contributed by atoms with Crippen LogP contribution in [0.4, 0.5) is 0 Å². The van der Waals surface area contributed by atoms with Crippen molar-refractivity contribution in [1.82, 2.24) is 16.0 Å². The molecule has 0 saturated heterocycles. The topological polar surface area (TPSA) is 251 Å². The number of carboxylic acids is 2. The van der Waals surface area contributed by atoms with Gasteiger partial charge in [0.1, 0.15) is 18.1 Å². The molecule has 0 aromatic heterocycles. The molecule has 0 heterocycles. The van der Waals surface area contributed by atoms with Crippen LogP contribution in [0.2, 0.25) is 0 Å². The fourth-order valence-corrected chi connectivity index (χ4v) is 2.52. The molecule has 0 radical (unpaired) electrons. The van der Waals surface area contributed by atoms with Crippen LogP contribution in [0.15, 0.2) is 0 Å². The van der Waals surface area contributed by atoms with E-state index in [0.717, 1.165) is 0 Å². The van der Waals surface area contributed by atoms with E-state index < -0.39 is 72.8 Å². The Kier molecular flexibility index (Phi) is 12.5. The lowest BCUT2D eigenvalue weighted by Crippen LogP contribution is -2.58. The molecule has 14 nitrogen and oxygen atoms in total. The summed E-state index contributed by atoms with van der Waals surface area (Å²) in [5.41, 5.74) is 10.7. The first-order chi connectivity index (χ1) is 14.8. The summed E-state index contributed by atoms with van der Waals surface area (Å²) in [5, 5.41) is 33.7. The van der Waals surface area contributed by atoms with Crippen molar-refractivity contribution in [2.75, 3.05) is 6.61 Å². The van der Waals surface area contributed by atoms with E-state index in [0.29, 0.717) is 0 Å². The zero-order valence-corrected chi connectivity index (χ0v) is 17.9. The molecule has 10 N–H and O–H groups in total. The van der Waals surface area contributed by atoms with Crippen molar-refractivity contribution in [1.29, 1.82) is 0 Å². The molecule has 182 valence electrons. The maximum absolute atomic E-state index is 12.6. The number of rotatable bonds is 15. The highest BCUT2D eigenvalue weighted by Crippen LogP contribution is 2.07. The Balaban J connectivity index is 5.24. The molecule has 0 aliphatic heterocycles. The van der Waals surface area contributed by atoms with Gasteiger partial charge in [-0.2, -0.15) is 0 Å². The Morgan fingerprint density at radius 2 is 1.34 bits per heavy atom. The minimum atomic E-state index is -1.78. The Morgan fingerprint density at radius 3 is 1.78 bits per heavy atom. The van der Waals surface area contributed by atoms with Gasteiger partial charge in [-0.3, -0.25) is 24.0 Å². The van der Waals surface area contributed by atoms with Gasteiger partial charge >= 0.3 is 11.9 Å². The summed E-state index contributed by atoms with van der Waals surface area (Å²) in [6.07, 6.45) is -0.957. The van der Waals surface area contributed by atoms with E-state index >= 15 is 0 Å². The number of hydrogen-bond donors (Lipinski definition) is 8.